The van der Waals surface area contributed by atoms with Crippen molar-refractivity contribution in [3.05, 3.63) is 36.4 Å². The largest absolute Gasteiger partial charge is 0.507 e. The molecule has 3 nitrogen and oxygen atoms in total. The molecule has 2 rings (SSSR count). The molecular weight excluding hydrogens is 214 g/mol. The van der Waals surface area contributed by atoms with Crippen LogP contribution >= 0.6 is 0 Å². The van der Waals surface area contributed by atoms with E-state index in [2.05, 4.69) is 5.32 Å². The molecule has 0 aliphatic carbocycles. The van der Waals surface area contributed by atoms with E-state index in [0.717, 1.165) is 36.0 Å². The molecule has 2 N–H and O–H groups in total. The first-order valence-electron chi connectivity index (χ1n) is 5.76. The summed E-state index contributed by atoms with van der Waals surface area (Å²) in [5.41, 5.74) is 1.05. The Balaban J connectivity index is 2.19. The number of phenolic OH excluding ortho intramolecular Hbond substituents is 1. The van der Waals surface area contributed by atoms with Crippen LogP contribution in [0.25, 0.3) is 10.8 Å². The van der Waals surface area contributed by atoms with Crippen LogP contribution in [-0.4, -0.2) is 25.4 Å². The number of hydrogen-bond donors (Lipinski definition) is 2. The van der Waals surface area contributed by atoms with E-state index in [1.54, 1.807) is 13.2 Å². The summed E-state index contributed by atoms with van der Waals surface area (Å²) in [7, 11) is 1.70. The van der Waals surface area contributed by atoms with Gasteiger partial charge in [0, 0.05) is 36.7 Å². The first-order chi connectivity index (χ1) is 8.33. The van der Waals surface area contributed by atoms with Gasteiger partial charge in [-0.3, -0.25) is 0 Å². The van der Waals surface area contributed by atoms with Gasteiger partial charge in [-0.15, -0.1) is 0 Å². The Morgan fingerprint density at radius 1 is 1.12 bits per heavy atom. The van der Waals surface area contributed by atoms with Crippen LogP contribution in [0, 0.1) is 0 Å². The Bertz CT molecular complexity index is 497. The Labute approximate surface area is 101 Å². The van der Waals surface area contributed by atoms with Crippen LogP contribution in [0.4, 0.5) is 5.69 Å². The fraction of sp³-hybridized carbons (Fsp3) is 0.286. The minimum Gasteiger partial charge on any atom is -0.507 e. The molecule has 0 aliphatic rings. The summed E-state index contributed by atoms with van der Waals surface area (Å²) in [6.45, 7) is 1.62. The number of nitrogens with one attached hydrogen (secondary N) is 1. The molecule has 17 heavy (non-hydrogen) atoms. The molecule has 0 spiro atoms. The van der Waals surface area contributed by atoms with Gasteiger partial charge in [-0.2, -0.15) is 0 Å². The number of rotatable bonds is 5. The van der Waals surface area contributed by atoms with Crippen molar-refractivity contribution in [2.45, 2.75) is 6.42 Å². The van der Waals surface area contributed by atoms with Crippen LogP contribution in [0.3, 0.4) is 0 Å². The maximum absolute atomic E-state index is 9.76. The van der Waals surface area contributed by atoms with Gasteiger partial charge in [0.2, 0.25) is 0 Å². The predicted molar refractivity (Wildman–Crippen MR) is 70.6 cm³/mol. The van der Waals surface area contributed by atoms with E-state index in [1.807, 2.05) is 30.3 Å². The summed E-state index contributed by atoms with van der Waals surface area (Å²) >= 11 is 0. The molecule has 0 heterocycles. The first kappa shape index (κ1) is 11.7. The molecule has 2 aromatic carbocycles. The lowest BCUT2D eigenvalue weighted by Gasteiger charge is -2.10. The second-order valence-corrected chi connectivity index (χ2v) is 3.95. The molecular formula is C14H17NO2. The standard InChI is InChI=1S/C14H17NO2/c1-17-10-4-9-15-13-7-2-6-12-11(13)5-3-8-14(12)16/h2-3,5-8,15-16H,4,9-10H2,1H3. The van der Waals surface area contributed by atoms with Crippen molar-refractivity contribution in [1.82, 2.24) is 0 Å². The minimum atomic E-state index is 0.322. The zero-order valence-corrected chi connectivity index (χ0v) is 9.94. The van der Waals surface area contributed by atoms with Crippen LogP contribution < -0.4 is 5.32 Å². The van der Waals surface area contributed by atoms with Crippen LogP contribution in [0.2, 0.25) is 0 Å². The van der Waals surface area contributed by atoms with Gasteiger partial charge in [-0.05, 0) is 18.6 Å². The number of fused-ring (bicyclic) bond motifs is 1. The van der Waals surface area contributed by atoms with Gasteiger partial charge in [-0.25, -0.2) is 0 Å². The van der Waals surface area contributed by atoms with Gasteiger partial charge in [0.1, 0.15) is 5.75 Å². The average Bonchev–Trinajstić information content (AvgIpc) is 2.36. The third kappa shape index (κ3) is 2.68. The molecule has 0 amide bonds. The Morgan fingerprint density at radius 2 is 1.88 bits per heavy atom. The Hall–Kier alpha value is -1.74. The first-order valence-corrected chi connectivity index (χ1v) is 5.76. The molecule has 0 bridgehead atoms. The fourth-order valence-corrected chi connectivity index (χ4v) is 1.89. The van der Waals surface area contributed by atoms with Gasteiger partial charge in [0.05, 0.1) is 0 Å². The fourth-order valence-electron chi connectivity index (χ4n) is 1.89. The summed E-state index contributed by atoms with van der Waals surface area (Å²) in [5.74, 6) is 0.322. The number of phenols is 1. The molecule has 2 aromatic rings. The third-order valence-corrected chi connectivity index (χ3v) is 2.74. The van der Waals surface area contributed by atoms with Gasteiger partial charge >= 0.3 is 0 Å². The zero-order valence-electron chi connectivity index (χ0n) is 9.94. The van der Waals surface area contributed by atoms with E-state index in [-0.39, 0.29) is 0 Å². The van der Waals surface area contributed by atoms with E-state index in [0.29, 0.717) is 5.75 Å². The van der Waals surface area contributed by atoms with Crippen LogP contribution in [0.1, 0.15) is 6.42 Å². The van der Waals surface area contributed by atoms with Crippen LogP contribution in [0.5, 0.6) is 5.75 Å². The van der Waals surface area contributed by atoms with Crippen molar-refractivity contribution in [2.24, 2.45) is 0 Å². The molecule has 3 heteroatoms. The maximum atomic E-state index is 9.76. The molecule has 90 valence electrons. The number of benzene rings is 2. The molecule has 0 fully saturated rings. The number of aromatic hydroxyl groups is 1. The molecule has 0 aliphatic heterocycles. The second-order valence-electron chi connectivity index (χ2n) is 3.95. The van der Waals surface area contributed by atoms with Gasteiger partial charge < -0.3 is 15.2 Å². The van der Waals surface area contributed by atoms with Crippen molar-refractivity contribution in [2.75, 3.05) is 25.6 Å². The summed E-state index contributed by atoms with van der Waals surface area (Å²) in [6, 6.07) is 11.5. The highest BCUT2D eigenvalue weighted by atomic mass is 16.5. The molecule has 0 radical (unpaired) electrons. The molecule has 0 atom stereocenters. The average molecular weight is 231 g/mol. The number of anilines is 1. The van der Waals surface area contributed by atoms with Gasteiger partial charge in [0.15, 0.2) is 0 Å². The minimum absolute atomic E-state index is 0.322. The summed E-state index contributed by atoms with van der Waals surface area (Å²) in [4.78, 5) is 0. The number of methoxy groups -OCH3 is 1. The predicted octanol–water partition coefficient (Wildman–Crippen LogP) is 2.99. The van der Waals surface area contributed by atoms with E-state index in [9.17, 15) is 5.11 Å². The zero-order chi connectivity index (χ0) is 12.1. The number of hydrogen-bond acceptors (Lipinski definition) is 3. The monoisotopic (exact) mass is 231 g/mol. The normalized spacial score (nSPS) is 10.6. The van der Waals surface area contributed by atoms with Crippen molar-refractivity contribution in [3.8, 4) is 5.75 Å². The topological polar surface area (TPSA) is 41.5 Å². The molecule has 0 aromatic heterocycles. The van der Waals surface area contributed by atoms with Crippen molar-refractivity contribution in [3.63, 3.8) is 0 Å². The second kappa shape index (κ2) is 5.55. The maximum Gasteiger partial charge on any atom is 0.123 e. The highest BCUT2D eigenvalue weighted by Gasteiger charge is 2.02. The van der Waals surface area contributed by atoms with Crippen LogP contribution in [-0.2, 0) is 4.74 Å². The SMILES string of the molecule is COCCCNc1cccc2c(O)cccc12. The van der Waals surface area contributed by atoms with E-state index in [4.69, 9.17) is 4.74 Å². The smallest absolute Gasteiger partial charge is 0.123 e. The highest BCUT2D eigenvalue weighted by Crippen LogP contribution is 2.29. The van der Waals surface area contributed by atoms with Crippen molar-refractivity contribution < 1.29 is 9.84 Å². The lowest BCUT2D eigenvalue weighted by Crippen LogP contribution is -2.04. The molecule has 0 saturated carbocycles. The van der Waals surface area contributed by atoms with Gasteiger partial charge in [-0.1, -0.05) is 24.3 Å². The van der Waals surface area contributed by atoms with Gasteiger partial charge in [0.25, 0.3) is 0 Å². The summed E-state index contributed by atoms with van der Waals surface area (Å²) in [6.07, 6.45) is 0.964. The van der Waals surface area contributed by atoms with Crippen molar-refractivity contribution in [1.29, 1.82) is 0 Å². The van der Waals surface area contributed by atoms with E-state index in [1.165, 1.54) is 0 Å². The third-order valence-electron chi connectivity index (χ3n) is 2.74. The quantitative estimate of drug-likeness (QED) is 0.777. The summed E-state index contributed by atoms with van der Waals surface area (Å²) < 4.78 is 5.01. The lowest BCUT2D eigenvalue weighted by atomic mass is 10.1. The number of ether oxygens (including phenoxy) is 1. The van der Waals surface area contributed by atoms with E-state index >= 15 is 0 Å². The molecule has 0 saturated heterocycles. The molecule has 0 unspecified atom stereocenters. The Kier molecular flexibility index (Phi) is 3.83. The Morgan fingerprint density at radius 3 is 2.71 bits per heavy atom. The highest BCUT2D eigenvalue weighted by molar-refractivity contribution is 5.97. The van der Waals surface area contributed by atoms with Crippen molar-refractivity contribution >= 4 is 16.5 Å². The van der Waals surface area contributed by atoms with Crippen LogP contribution in [0.15, 0.2) is 36.4 Å². The summed E-state index contributed by atoms with van der Waals surface area (Å²) in [5, 5.41) is 15.0. The lowest BCUT2D eigenvalue weighted by molar-refractivity contribution is 0.198. The van der Waals surface area contributed by atoms with E-state index < -0.39 is 0 Å².